The van der Waals surface area contributed by atoms with Gasteiger partial charge in [-0.15, -0.1) is 0 Å². The average molecular weight is 417 g/mol. The van der Waals surface area contributed by atoms with Crippen LogP contribution in [0.5, 0.6) is 0 Å². The lowest BCUT2D eigenvalue weighted by Gasteiger charge is -2.44. The maximum absolute atomic E-state index is 10.1. The molecule has 0 heterocycles. The molecule has 0 saturated heterocycles. The van der Waals surface area contributed by atoms with Gasteiger partial charge in [-0.1, -0.05) is 56.6 Å². The summed E-state index contributed by atoms with van der Waals surface area (Å²) in [4.78, 5) is 0. The minimum absolute atomic E-state index is 0.155. The summed E-state index contributed by atoms with van der Waals surface area (Å²) in [5.74, 6) is 2.07. The molecule has 3 saturated carbocycles. The van der Waals surface area contributed by atoms with Gasteiger partial charge in [0.1, 0.15) is 0 Å². The van der Waals surface area contributed by atoms with Crippen LogP contribution in [0.2, 0.25) is 0 Å². The lowest BCUT2D eigenvalue weighted by molar-refractivity contribution is -0.00891. The van der Waals surface area contributed by atoms with Crippen molar-refractivity contribution in [1.29, 1.82) is 0 Å². The van der Waals surface area contributed by atoms with Crippen molar-refractivity contribution in [3.63, 3.8) is 0 Å². The van der Waals surface area contributed by atoms with Gasteiger partial charge in [-0.2, -0.15) is 0 Å². The van der Waals surface area contributed by atoms with E-state index in [0.717, 1.165) is 38.0 Å². The monoisotopic (exact) mass is 416 g/mol. The zero-order valence-electron chi connectivity index (χ0n) is 19.5. The fraction of sp³-hybridized carbons (Fsp3) is 0.778. The molecule has 3 aliphatic carbocycles. The van der Waals surface area contributed by atoms with Crippen molar-refractivity contribution >= 4 is 0 Å². The summed E-state index contributed by atoms with van der Waals surface area (Å²) < 4.78 is 0. The highest BCUT2D eigenvalue weighted by atomic mass is 16.3. The SMILES string of the molecule is C=C1CC[C@H](O)C/C1=C\C=C1\CCC[C@]2(C)[C@@H]([C@H](C)CCCC(C)(O)CO)CC[C@@H]12. The quantitative estimate of drug-likeness (QED) is 0.498. The summed E-state index contributed by atoms with van der Waals surface area (Å²) in [5.41, 5.74) is 3.50. The number of aliphatic hydroxyl groups excluding tert-OH is 2. The van der Waals surface area contributed by atoms with Gasteiger partial charge in [0.25, 0.3) is 0 Å². The fourth-order valence-corrected chi connectivity index (χ4v) is 6.69. The number of aliphatic hydroxyl groups is 3. The largest absolute Gasteiger partial charge is 0.393 e. The van der Waals surface area contributed by atoms with Crippen LogP contribution in [0.25, 0.3) is 0 Å². The van der Waals surface area contributed by atoms with Crippen LogP contribution >= 0.6 is 0 Å². The van der Waals surface area contributed by atoms with Gasteiger partial charge in [0.2, 0.25) is 0 Å². The number of allylic oxidation sites excluding steroid dienone is 4. The smallest absolute Gasteiger partial charge is 0.0849 e. The normalized spacial score (nSPS) is 37.9. The van der Waals surface area contributed by atoms with Gasteiger partial charge >= 0.3 is 0 Å². The standard InChI is InChI=1S/C27H44O3/c1-19-9-12-23(29)17-22(19)11-10-21-8-6-16-27(4)24(13-14-25(21)27)20(2)7-5-15-26(3,30)18-28/h10-11,20,23-25,28-30H,1,5-9,12-18H2,2-4H3/b21-10-,22-11+/t20-,23+,24-,25+,26?,27-/m1/s1. The van der Waals surface area contributed by atoms with Crippen LogP contribution < -0.4 is 0 Å². The lowest BCUT2D eigenvalue weighted by Crippen LogP contribution is -2.36. The molecular formula is C27H44O3. The highest BCUT2D eigenvalue weighted by molar-refractivity contribution is 5.36. The molecule has 0 aliphatic heterocycles. The Hall–Kier alpha value is -0.900. The Bertz CT molecular complexity index is 674. The molecule has 0 aromatic rings. The van der Waals surface area contributed by atoms with Gasteiger partial charge in [-0.3, -0.25) is 0 Å². The van der Waals surface area contributed by atoms with Crippen LogP contribution in [0.15, 0.2) is 35.5 Å². The Labute approximate surface area is 184 Å². The first kappa shape index (κ1) is 23.8. The molecule has 170 valence electrons. The van der Waals surface area contributed by atoms with Gasteiger partial charge in [0, 0.05) is 0 Å². The van der Waals surface area contributed by atoms with E-state index in [9.17, 15) is 15.3 Å². The van der Waals surface area contributed by atoms with Gasteiger partial charge in [0.05, 0.1) is 18.3 Å². The number of hydrogen-bond donors (Lipinski definition) is 3. The molecule has 3 rings (SSSR count). The molecule has 0 aromatic carbocycles. The minimum Gasteiger partial charge on any atom is -0.393 e. The van der Waals surface area contributed by atoms with Crippen LogP contribution in [0.1, 0.15) is 91.4 Å². The summed E-state index contributed by atoms with van der Waals surface area (Å²) in [7, 11) is 0. The van der Waals surface area contributed by atoms with Crippen molar-refractivity contribution in [3.05, 3.63) is 35.5 Å². The molecule has 3 N–H and O–H groups in total. The Balaban J connectivity index is 1.66. The maximum Gasteiger partial charge on any atom is 0.0849 e. The van der Waals surface area contributed by atoms with Gasteiger partial charge < -0.3 is 15.3 Å². The van der Waals surface area contributed by atoms with E-state index in [2.05, 4.69) is 32.6 Å². The Morgan fingerprint density at radius 1 is 1.23 bits per heavy atom. The molecular weight excluding hydrogens is 372 g/mol. The topological polar surface area (TPSA) is 60.7 Å². The highest BCUT2D eigenvalue weighted by Gasteiger charge is 2.50. The second-order valence-corrected chi connectivity index (χ2v) is 11.1. The van der Waals surface area contributed by atoms with Crippen molar-refractivity contribution in [2.24, 2.45) is 23.2 Å². The molecule has 3 aliphatic rings. The maximum atomic E-state index is 10.1. The number of hydrogen-bond acceptors (Lipinski definition) is 3. The van der Waals surface area contributed by atoms with E-state index in [1.54, 1.807) is 12.5 Å². The zero-order chi connectivity index (χ0) is 21.9. The van der Waals surface area contributed by atoms with Crippen LogP contribution in [0, 0.1) is 23.2 Å². The molecule has 3 fully saturated rings. The van der Waals surface area contributed by atoms with Crippen molar-refractivity contribution in [3.8, 4) is 0 Å². The first-order valence-corrected chi connectivity index (χ1v) is 12.3. The van der Waals surface area contributed by atoms with Crippen LogP contribution in [0.4, 0.5) is 0 Å². The average Bonchev–Trinajstić information content (AvgIpc) is 3.06. The van der Waals surface area contributed by atoms with Crippen LogP contribution in [-0.4, -0.2) is 33.6 Å². The molecule has 1 unspecified atom stereocenters. The summed E-state index contributed by atoms with van der Waals surface area (Å²) in [6.07, 6.45) is 16.1. The molecule has 3 nitrogen and oxygen atoms in total. The Morgan fingerprint density at radius 3 is 2.73 bits per heavy atom. The van der Waals surface area contributed by atoms with E-state index in [1.807, 2.05) is 0 Å². The first-order chi connectivity index (χ1) is 14.2. The summed E-state index contributed by atoms with van der Waals surface area (Å²) in [5, 5.41) is 29.4. The molecule has 30 heavy (non-hydrogen) atoms. The van der Waals surface area contributed by atoms with E-state index in [-0.39, 0.29) is 12.7 Å². The predicted octanol–water partition coefficient (Wildman–Crippen LogP) is 5.71. The molecule has 0 radical (unpaired) electrons. The zero-order valence-corrected chi connectivity index (χ0v) is 19.5. The third-order valence-electron chi connectivity index (χ3n) is 8.63. The minimum atomic E-state index is -0.938. The van der Waals surface area contributed by atoms with Crippen molar-refractivity contribution in [1.82, 2.24) is 0 Å². The van der Waals surface area contributed by atoms with Gasteiger partial charge in [-0.25, -0.2) is 0 Å². The van der Waals surface area contributed by atoms with E-state index >= 15 is 0 Å². The Kier molecular flexibility index (Phi) is 7.69. The molecule has 6 atom stereocenters. The van der Waals surface area contributed by atoms with Crippen LogP contribution in [0.3, 0.4) is 0 Å². The van der Waals surface area contributed by atoms with Crippen molar-refractivity contribution < 1.29 is 15.3 Å². The second-order valence-electron chi connectivity index (χ2n) is 11.1. The van der Waals surface area contributed by atoms with Crippen molar-refractivity contribution in [2.75, 3.05) is 6.61 Å². The fourth-order valence-electron chi connectivity index (χ4n) is 6.69. The first-order valence-electron chi connectivity index (χ1n) is 12.3. The van der Waals surface area contributed by atoms with E-state index in [4.69, 9.17) is 0 Å². The van der Waals surface area contributed by atoms with E-state index < -0.39 is 5.60 Å². The Morgan fingerprint density at radius 2 is 2.00 bits per heavy atom. The van der Waals surface area contributed by atoms with E-state index in [0.29, 0.717) is 23.7 Å². The third kappa shape index (κ3) is 5.29. The third-order valence-corrected chi connectivity index (χ3v) is 8.63. The van der Waals surface area contributed by atoms with Gasteiger partial charge in [0.15, 0.2) is 0 Å². The second kappa shape index (κ2) is 9.71. The van der Waals surface area contributed by atoms with Gasteiger partial charge in [-0.05, 0) is 93.5 Å². The number of rotatable bonds is 7. The van der Waals surface area contributed by atoms with Crippen LogP contribution in [-0.2, 0) is 0 Å². The number of fused-ring (bicyclic) bond motifs is 1. The predicted molar refractivity (Wildman–Crippen MR) is 124 cm³/mol. The summed E-state index contributed by atoms with van der Waals surface area (Å²) >= 11 is 0. The molecule has 0 spiro atoms. The molecule has 3 heteroatoms. The molecule has 0 aromatic heterocycles. The van der Waals surface area contributed by atoms with E-state index in [1.165, 1.54) is 43.3 Å². The lowest BCUT2D eigenvalue weighted by atomic mass is 9.60. The summed E-state index contributed by atoms with van der Waals surface area (Å²) in [6.45, 7) is 10.7. The van der Waals surface area contributed by atoms with Crippen molar-refractivity contribution in [2.45, 2.75) is 103 Å². The molecule has 0 amide bonds. The summed E-state index contributed by atoms with van der Waals surface area (Å²) in [6, 6.07) is 0. The molecule has 0 bridgehead atoms. The highest BCUT2D eigenvalue weighted by Crippen LogP contribution is 2.60.